The van der Waals surface area contributed by atoms with Gasteiger partial charge in [0.25, 0.3) is 0 Å². The quantitative estimate of drug-likeness (QED) is 0.714. The molecule has 2 rings (SSSR count). The summed E-state index contributed by atoms with van der Waals surface area (Å²) in [7, 11) is 1.82. The third-order valence-electron chi connectivity index (χ3n) is 5.20. The third-order valence-corrected chi connectivity index (χ3v) is 5.38. The van der Waals surface area contributed by atoms with Gasteiger partial charge < -0.3 is 9.03 Å². The molecule has 0 saturated carbocycles. The lowest BCUT2D eigenvalue weighted by molar-refractivity contribution is 0.0732. The number of halogens is 1. The minimum absolute atomic E-state index is 0.145. The lowest BCUT2D eigenvalue weighted by atomic mass is 9.72. The van der Waals surface area contributed by atoms with Crippen molar-refractivity contribution in [2.45, 2.75) is 64.7 Å². The van der Waals surface area contributed by atoms with Crippen LogP contribution in [0.4, 0.5) is 0 Å². The lowest BCUT2D eigenvalue weighted by Crippen LogP contribution is -2.27. The van der Waals surface area contributed by atoms with Gasteiger partial charge in [-0.25, -0.2) is 0 Å². The second-order valence-corrected chi connectivity index (χ2v) is 7.89. The first kappa shape index (κ1) is 17.6. The van der Waals surface area contributed by atoms with Gasteiger partial charge in [0, 0.05) is 7.11 Å². The van der Waals surface area contributed by atoms with Crippen LogP contribution in [0, 0.1) is 5.41 Å². The summed E-state index contributed by atoms with van der Waals surface area (Å²) in [5, 5.41) is 0. The molecule has 0 amide bonds. The number of rotatable bonds is 3. The van der Waals surface area contributed by atoms with E-state index in [0.717, 1.165) is 18.8 Å². The molecule has 22 heavy (non-hydrogen) atoms. The van der Waals surface area contributed by atoms with Crippen molar-refractivity contribution < 1.29 is 9.03 Å². The van der Waals surface area contributed by atoms with Crippen molar-refractivity contribution in [3.63, 3.8) is 0 Å². The summed E-state index contributed by atoms with van der Waals surface area (Å²) < 4.78 is 10.4. The Bertz CT molecular complexity index is 498. The number of ether oxygens (including phenoxy) is 1. The van der Waals surface area contributed by atoms with Crippen LogP contribution in [0.1, 0.15) is 64.0 Å². The van der Waals surface area contributed by atoms with E-state index < -0.39 is 0 Å². The van der Waals surface area contributed by atoms with Crippen molar-refractivity contribution in [1.29, 1.82) is 0 Å². The largest absolute Gasteiger partial charge is 0.386 e. The maximum atomic E-state index is 5.55. The first-order valence-electron chi connectivity index (χ1n) is 8.31. The van der Waals surface area contributed by atoms with E-state index in [1.165, 1.54) is 43.2 Å². The molecule has 1 atom stereocenters. The Morgan fingerprint density at radius 3 is 2.50 bits per heavy atom. The highest BCUT2D eigenvalue weighted by atomic mass is 35.5. The van der Waals surface area contributed by atoms with E-state index in [4.69, 9.17) is 20.9 Å². The fourth-order valence-electron chi connectivity index (χ4n) is 3.87. The summed E-state index contributed by atoms with van der Waals surface area (Å²) in [6.45, 7) is 7.90. The van der Waals surface area contributed by atoms with Crippen LogP contribution in [0.5, 0.6) is 5.75 Å². The van der Waals surface area contributed by atoms with Crippen LogP contribution in [0.25, 0.3) is 0 Å². The molecule has 0 heterocycles. The molecule has 0 bridgehead atoms. The second kappa shape index (κ2) is 7.23. The van der Waals surface area contributed by atoms with Crippen molar-refractivity contribution in [1.82, 2.24) is 0 Å². The zero-order valence-corrected chi connectivity index (χ0v) is 15.1. The van der Waals surface area contributed by atoms with E-state index in [2.05, 4.69) is 32.9 Å². The van der Waals surface area contributed by atoms with Gasteiger partial charge in [0.1, 0.15) is 17.6 Å². The van der Waals surface area contributed by atoms with Gasteiger partial charge in [-0.15, -0.1) is 0 Å². The van der Waals surface area contributed by atoms with Crippen LogP contribution in [0.15, 0.2) is 18.2 Å². The number of aryl methyl sites for hydroxylation is 1. The summed E-state index contributed by atoms with van der Waals surface area (Å²) >= 11 is 5.55. The van der Waals surface area contributed by atoms with Gasteiger partial charge >= 0.3 is 0 Å². The molecule has 0 spiro atoms. The minimum Gasteiger partial charge on any atom is -0.386 e. The standard InChI is InChI=1S/C19H29ClO2/c1-18(2)10-6-12-19(3,14-21-4)11-5-7-15-8-9-16(22-20)13-17(15)18/h8-9,13H,5-7,10-12,14H2,1-4H3/t19-/m1/s1. The fourth-order valence-corrected chi connectivity index (χ4v) is 3.96. The number of benzene rings is 1. The molecule has 1 aromatic rings. The highest BCUT2D eigenvalue weighted by Gasteiger charge is 2.29. The average Bonchev–Trinajstić information content (AvgIpc) is 2.47. The number of fused-ring (bicyclic) bond motifs is 1. The van der Waals surface area contributed by atoms with E-state index in [-0.39, 0.29) is 5.41 Å². The van der Waals surface area contributed by atoms with Crippen LogP contribution in [0.3, 0.4) is 0 Å². The Labute approximate surface area is 140 Å². The zero-order valence-electron chi connectivity index (χ0n) is 14.4. The molecule has 3 heteroatoms. The van der Waals surface area contributed by atoms with Crippen LogP contribution in [-0.4, -0.2) is 13.7 Å². The predicted molar refractivity (Wildman–Crippen MR) is 92.7 cm³/mol. The number of hydrogen-bond donors (Lipinski definition) is 0. The molecular formula is C19H29ClO2. The molecule has 2 nitrogen and oxygen atoms in total. The molecule has 0 unspecified atom stereocenters. The third kappa shape index (κ3) is 4.17. The topological polar surface area (TPSA) is 18.5 Å². The molecule has 0 fully saturated rings. The molecule has 0 N–H and O–H groups in total. The van der Waals surface area contributed by atoms with E-state index in [1.807, 2.05) is 13.2 Å². The van der Waals surface area contributed by atoms with E-state index >= 15 is 0 Å². The van der Waals surface area contributed by atoms with Crippen molar-refractivity contribution in [3.8, 4) is 5.75 Å². The van der Waals surface area contributed by atoms with Crippen LogP contribution >= 0.6 is 11.9 Å². The van der Waals surface area contributed by atoms with Gasteiger partial charge in [0.15, 0.2) is 0 Å². The highest BCUT2D eigenvalue weighted by molar-refractivity contribution is 6.09. The molecule has 1 aliphatic carbocycles. The fraction of sp³-hybridized carbons (Fsp3) is 0.684. The van der Waals surface area contributed by atoms with Crippen molar-refractivity contribution >= 4 is 11.9 Å². The van der Waals surface area contributed by atoms with Crippen LogP contribution in [-0.2, 0) is 16.6 Å². The highest BCUT2D eigenvalue weighted by Crippen LogP contribution is 2.39. The van der Waals surface area contributed by atoms with Gasteiger partial charge in [-0.05, 0) is 66.2 Å². The Balaban J connectivity index is 2.28. The maximum Gasteiger partial charge on any atom is 0.146 e. The van der Waals surface area contributed by atoms with Crippen LogP contribution in [0.2, 0.25) is 0 Å². The summed E-state index contributed by atoms with van der Waals surface area (Å²) in [6.07, 6.45) is 7.15. The molecule has 0 aliphatic heterocycles. The Hall–Kier alpha value is -0.730. The number of methoxy groups -OCH3 is 1. The molecule has 124 valence electrons. The summed E-state index contributed by atoms with van der Waals surface area (Å²) in [5.41, 5.74) is 3.28. The second-order valence-electron chi connectivity index (χ2n) is 7.73. The van der Waals surface area contributed by atoms with Crippen LogP contribution < -0.4 is 4.29 Å². The van der Waals surface area contributed by atoms with Crippen molar-refractivity contribution in [3.05, 3.63) is 29.3 Å². The smallest absolute Gasteiger partial charge is 0.146 e. The zero-order chi connectivity index (χ0) is 16.2. The van der Waals surface area contributed by atoms with Crippen molar-refractivity contribution in [2.24, 2.45) is 5.41 Å². The summed E-state index contributed by atoms with van der Waals surface area (Å²) in [4.78, 5) is 0. The van der Waals surface area contributed by atoms with E-state index in [1.54, 1.807) is 0 Å². The summed E-state index contributed by atoms with van der Waals surface area (Å²) in [6, 6.07) is 6.28. The predicted octanol–water partition coefficient (Wildman–Crippen LogP) is 5.66. The SMILES string of the molecule is COC[C@]1(C)CCCc2ccc(OCl)cc2C(C)(C)CCC1. The molecular weight excluding hydrogens is 296 g/mol. The van der Waals surface area contributed by atoms with Gasteiger partial charge in [0.05, 0.1) is 6.61 Å². The normalized spacial score (nSPS) is 25.3. The Morgan fingerprint density at radius 1 is 1.09 bits per heavy atom. The van der Waals surface area contributed by atoms with Crippen molar-refractivity contribution in [2.75, 3.05) is 13.7 Å². The molecule has 1 aliphatic rings. The number of hydrogen-bond acceptors (Lipinski definition) is 2. The average molecular weight is 325 g/mol. The van der Waals surface area contributed by atoms with Gasteiger partial charge in [-0.2, -0.15) is 0 Å². The van der Waals surface area contributed by atoms with E-state index in [9.17, 15) is 0 Å². The van der Waals surface area contributed by atoms with Gasteiger partial charge in [-0.3, -0.25) is 0 Å². The molecule has 0 radical (unpaired) electrons. The molecule has 1 aromatic carbocycles. The van der Waals surface area contributed by atoms with Gasteiger partial charge in [0.2, 0.25) is 0 Å². The molecule has 0 aromatic heterocycles. The summed E-state index contributed by atoms with van der Waals surface area (Å²) in [5.74, 6) is 0.745. The Kier molecular flexibility index (Phi) is 5.79. The first-order chi connectivity index (χ1) is 10.4. The van der Waals surface area contributed by atoms with E-state index in [0.29, 0.717) is 5.41 Å². The Morgan fingerprint density at radius 2 is 1.82 bits per heavy atom. The molecule has 0 saturated heterocycles. The monoisotopic (exact) mass is 324 g/mol. The maximum absolute atomic E-state index is 5.55. The minimum atomic E-state index is 0.145. The first-order valence-corrected chi connectivity index (χ1v) is 8.62. The van der Waals surface area contributed by atoms with Gasteiger partial charge in [-0.1, -0.05) is 33.3 Å². The lowest BCUT2D eigenvalue weighted by Gasteiger charge is -2.34.